The molecule has 0 saturated heterocycles. The van der Waals surface area contributed by atoms with E-state index in [0.29, 0.717) is 39.6 Å². The first-order valence-corrected chi connectivity index (χ1v) is 8.96. The molecule has 1 rings (SSSR count). The van der Waals surface area contributed by atoms with Crippen molar-refractivity contribution < 1.29 is 18.9 Å². The van der Waals surface area contributed by atoms with Gasteiger partial charge in [-0.3, -0.25) is 0 Å². The lowest BCUT2D eigenvalue weighted by Crippen LogP contribution is -2.13. The van der Waals surface area contributed by atoms with Crippen LogP contribution in [0, 0.1) is 21.0 Å². The van der Waals surface area contributed by atoms with Crippen LogP contribution in [0.15, 0.2) is 6.07 Å². The molecule has 0 radical (unpaired) electrons. The molecule has 0 fully saturated rings. The number of halogens is 2. The second kappa shape index (κ2) is 11.0. The molecule has 0 saturated carbocycles. The maximum absolute atomic E-state index is 5.85. The van der Waals surface area contributed by atoms with E-state index in [0.717, 1.165) is 9.32 Å². The van der Waals surface area contributed by atoms with Crippen molar-refractivity contribution in [3.8, 4) is 5.75 Å². The van der Waals surface area contributed by atoms with Gasteiger partial charge in [0.25, 0.3) is 0 Å². The van der Waals surface area contributed by atoms with Gasteiger partial charge in [0, 0.05) is 10.7 Å². The van der Waals surface area contributed by atoms with Gasteiger partial charge in [0.2, 0.25) is 0 Å². The first kappa shape index (κ1) is 19.4. The third kappa shape index (κ3) is 6.98. The molecular weight excluding hydrogens is 498 g/mol. The van der Waals surface area contributed by atoms with Crippen LogP contribution in [0.3, 0.4) is 0 Å². The quantitative estimate of drug-likeness (QED) is 0.350. The van der Waals surface area contributed by atoms with E-state index in [9.17, 15) is 0 Å². The number of benzene rings is 1. The molecule has 6 heteroatoms. The van der Waals surface area contributed by atoms with Gasteiger partial charge in [-0.05, 0) is 76.2 Å². The summed E-state index contributed by atoms with van der Waals surface area (Å²) in [6.07, 6.45) is 0. The first-order valence-electron chi connectivity index (χ1n) is 6.80. The van der Waals surface area contributed by atoms with Crippen LogP contribution in [0.1, 0.15) is 11.1 Å². The highest BCUT2D eigenvalue weighted by Gasteiger charge is 2.10. The van der Waals surface area contributed by atoms with Crippen LogP contribution in [0.2, 0.25) is 0 Å². The van der Waals surface area contributed by atoms with Gasteiger partial charge < -0.3 is 18.9 Å². The lowest BCUT2D eigenvalue weighted by molar-refractivity contribution is 0.0178. The van der Waals surface area contributed by atoms with Gasteiger partial charge in [0.15, 0.2) is 0 Å². The highest BCUT2D eigenvalue weighted by atomic mass is 127. The van der Waals surface area contributed by atoms with Crippen molar-refractivity contribution in [2.75, 3.05) is 46.8 Å². The van der Waals surface area contributed by atoms with E-state index in [1.165, 1.54) is 14.7 Å². The van der Waals surface area contributed by atoms with Gasteiger partial charge >= 0.3 is 0 Å². The fourth-order valence-corrected chi connectivity index (χ4v) is 3.84. The zero-order valence-corrected chi connectivity index (χ0v) is 17.0. The maximum Gasteiger partial charge on any atom is 0.135 e. The Hall–Kier alpha value is 0.360. The van der Waals surface area contributed by atoms with Crippen molar-refractivity contribution in [1.29, 1.82) is 0 Å². The lowest BCUT2D eigenvalue weighted by Gasteiger charge is -2.14. The van der Waals surface area contributed by atoms with Gasteiger partial charge in [-0.25, -0.2) is 0 Å². The maximum atomic E-state index is 5.85. The zero-order chi connectivity index (χ0) is 15.7. The fraction of sp³-hybridized carbons (Fsp3) is 0.600. The Bertz CT molecular complexity index is 438. The summed E-state index contributed by atoms with van der Waals surface area (Å²) in [5, 5.41) is 0. The molecule has 0 aliphatic heterocycles. The highest BCUT2D eigenvalue weighted by Crippen LogP contribution is 2.31. The molecule has 120 valence electrons. The largest absolute Gasteiger partial charge is 0.490 e. The topological polar surface area (TPSA) is 36.9 Å². The minimum atomic E-state index is 0.551. The third-order valence-electron chi connectivity index (χ3n) is 3.01. The average Bonchev–Trinajstić information content (AvgIpc) is 2.46. The van der Waals surface area contributed by atoms with Gasteiger partial charge in [-0.15, -0.1) is 0 Å². The molecule has 0 bridgehead atoms. The summed E-state index contributed by atoms with van der Waals surface area (Å²) in [6.45, 7) is 7.72. The SMILES string of the molecule is COCCOCCOCCOc1c(I)cc(I)c(C)c1C. The lowest BCUT2D eigenvalue weighted by atomic mass is 10.1. The van der Waals surface area contributed by atoms with Crippen LogP contribution in [-0.4, -0.2) is 46.8 Å². The molecule has 0 amide bonds. The molecule has 0 atom stereocenters. The Morgan fingerprint density at radius 3 is 2.00 bits per heavy atom. The van der Waals surface area contributed by atoms with Crippen molar-refractivity contribution in [3.05, 3.63) is 24.3 Å². The minimum Gasteiger partial charge on any atom is -0.490 e. The molecule has 1 aromatic carbocycles. The van der Waals surface area contributed by atoms with Crippen LogP contribution < -0.4 is 4.74 Å². The normalized spacial score (nSPS) is 10.9. The van der Waals surface area contributed by atoms with Gasteiger partial charge in [0.05, 0.1) is 36.6 Å². The smallest absolute Gasteiger partial charge is 0.135 e. The molecule has 0 spiro atoms. The van der Waals surface area contributed by atoms with Crippen molar-refractivity contribution >= 4 is 45.2 Å². The van der Waals surface area contributed by atoms with Gasteiger partial charge in [-0.1, -0.05) is 0 Å². The summed E-state index contributed by atoms with van der Waals surface area (Å²) in [5.74, 6) is 0.966. The van der Waals surface area contributed by atoms with Crippen molar-refractivity contribution in [1.82, 2.24) is 0 Å². The molecular formula is C15H22I2O4. The number of methoxy groups -OCH3 is 1. The van der Waals surface area contributed by atoms with Crippen LogP contribution in [0.25, 0.3) is 0 Å². The molecule has 0 unspecified atom stereocenters. The van der Waals surface area contributed by atoms with E-state index in [1.54, 1.807) is 7.11 Å². The van der Waals surface area contributed by atoms with Crippen molar-refractivity contribution in [2.45, 2.75) is 13.8 Å². The number of hydrogen-bond acceptors (Lipinski definition) is 4. The summed E-state index contributed by atoms with van der Waals surface area (Å²) in [5.41, 5.74) is 2.48. The molecule has 1 aromatic rings. The summed E-state index contributed by atoms with van der Waals surface area (Å²) < 4.78 is 23.9. The molecule has 21 heavy (non-hydrogen) atoms. The van der Waals surface area contributed by atoms with Crippen LogP contribution >= 0.6 is 45.2 Å². The Balaban J connectivity index is 2.23. The van der Waals surface area contributed by atoms with Gasteiger partial charge in [0.1, 0.15) is 12.4 Å². The van der Waals surface area contributed by atoms with E-state index in [-0.39, 0.29) is 0 Å². The molecule has 0 aromatic heterocycles. The summed E-state index contributed by atoms with van der Waals surface area (Å²) in [7, 11) is 1.66. The minimum absolute atomic E-state index is 0.551. The van der Waals surface area contributed by atoms with E-state index < -0.39 is 0 Å². The predicted octanol–water partition coefficient (Wildman–Crippen LogP) is 3.57. The van der Waals surface area contributed by atoms with E-state index in [2.05, 4.69) is 65.1 Å². The Kier molecular flexibility index (Phi) is 10.1. The Morgan fingerprint density at radius 1 is 0.810 bits per heavy atom. The Labute approximate surface area is 154 Å². The van der Waals surface area contributed by atoms with Crippen molar-refractivity contribution in [3.63, 3.8) is 0 Å². The summed E-state index contributed by atoms with van der Waals surface area (Å²) in [4.78, 5) is 0. The van der Waals surface area contributed by atoms with Crippen LogP contribution in [-0.2, 0) is 14.2 Å². The molecule has 0 N–H and O–H groups in total. The fourth-order valence-electron chi connectivity index (χ4n) is 1.66. The van der Waals surface area contributed by atoms with Crippen LogP contribution in [0.4, 0.5) is 0 Å². The highest BCUT2D eigenvalue weighted by molar-refractivity contribution is 14.1. The monoisotopic (exact) mass is 520 g/mol. The number of hydrogen-bond donors (Lipinski definition) is 0. The van der Waals surface area contributed by atoms with Crippen molar-refractivity contribution in [2.24, 2.45) is 0 Å². The second-order valence-corrected chi connectivity index (χ2v) is 6.81. The van der Waals surface area contributed by atoms with Crippen LogP contribution in [0.5, 0.6) is 5.75 Å². The Morgan fingerprint density at radius 2 is 1.38 bits per heavy atom. The molecule has 4 nitrogen and oxygen atoms in total. The summed E-state index contributed by atoms with van der Waals surface area (Å²) >= 11 is 4.67. The molecule has 0 aliphatic rings. The first-order chi connectivity index (χ1) is 10.1. The van der Waals surface area contributed by atoms with E-state index in [1.807, 2.05) is 0 Å². The number of ether oxygens (including phenoxy) is 4. The molecule has 0 aliphatic carbocycles. The predicted molar refractivity (Wildman–Crippen MR) is 100 cm³/mol. The van der Waals surface area contributed by atoms with E-state index in [4.69, 9.17) is 18.9 Å². The molecule has 0 heterocycles. The van der Waals surface area contributed by atoms with Gasteiger partial charge in [-0.2, -0.15) is 0 Å². The third-order valence-corrected chi connectivity index (χ3v) is 4.93. The number of rotatable bonds is 10. The zero-order valence-electron chi connectivity index (χ0n) is 12.7. The average molecular weight is 520 g/mol. The second-order valence-electron chi connectivity index (χ2n) is 4.49. The summed E-state index contributed by atoms with van der Waals surface area (Å²) in [6, 6.07) is 2.14. The van der Waals surface area contributed by atoms with E-state index >= 15 is 0 Å². The standard InChI is InChI=1S/C15H22I2O4/c1-11-12(2)15(14(17)10-13(11)16)21-9-8-20-7-6-19-5-4-18-3/h10H,4-9H2,1-3H3.